The van der Waals surface area contributed by atoms with Gasteiger partial charge in [-0.05, 0) is 40.0 Å². The average molecular weight is 449 g/mol. The Morgan fingerprint density at radius 2 is 1.56 bits per heavy atom. The third kappa shape index (κ3) is 3.20. The van der Waals surface area contributed by atoms with Crippen molar-refractivity contribution in [3.63, 3.8) is 0 Å². The number of amidine groups is 1. The van der Waals surface area contributed by atoms with Crippen molar-refractivity contribution in [1.82, 2.24) is 5.32 Å². The molecule has 3 aromatic rings. The molecule has 5 heteroatoms. The van der Waals surface area contributed by atoms with Crippen molar-refractivity contribution in [3.8, 4) is 11.5 Å². The van der Waals surface area contributed by atoms with Crippen LogP contribution in [-0.4, -0.2) is 29.2 Å². The van der Waals surface area contributed by atoms with Crippen LogP contribution in [0.15, 0.2) is 95.8 Å². The smallest absolute Gasteiger partial charge is 0.190 e. The van der Waals surface area contributed by atoms with Crippen LogP contribution >= 0.6 is 0 Å². The molecule has 0 saturated carbocycles. The Hall–Kier alpha value is -4.25. The second kappa shape index (κ2) is 7.96. The second-order valence-electron chi connectivity index (χ2n) is 8.70. The number of allylic oxidation sites excluding steroid dienone is 2. The first-order valence-corrected chi connectivity index (χ1v) is 11.3. The summed E-state index contributed by atoms with van der Waals surface area (Å²) in [5, 5.41) is 24.0. The number of hydrogen-bond acceptors (Lipinski definition) is 5. The first kappa shape index (κ1) is 20.4. The zero-order chi connectivity index (χ0) is 23.2. The fourth-order valence-corrected chi connectivity index (χ4v) is 5.26. The van der Waals surface area contributed by atoms with Crippen molar-refractivity contribution >= 4 is 17.5 Å². The van der Waals surface area contributed by atoms with E-state index < -0.39 is 0 Å². The zero-order valence-electron chi connectivity index (χ0n) is 18.6. The number of methoxy groups -OCH3 is 1. The van der Waals surface area contributed by atoms with Gasteiger partial charge in [-0.2, -0.15) is 0 Å². The Morgan fingerprint density at radius 1 is 0.824 bits per heavy atom. The van der Waals surface area contributed by atoms with Crippen molar-refractivity contribution in [2.24, 2.45) is 4.99 Å². The molecular weight excluding hydrogens is 424 g/mol. The highest BCUT2D eigenvalue weighted by Gasteiger charge is 2.35. The first-order chi connectivity index (χ1) is 16.6. The number of aliphatic imine (C=N–C) groups is 1. The van der Waals surface area contributed by atoms with Gasteiger partial charge >= 0.3 is 0 Å². The number of aromatic hydroxyl groups is 2. The lowest BCUT2D eigenvalue weighted by Crippen LogP contribution is -2.32. The quantitative estimate of drug-likeness (QED) is 0.509. The summed E-state index contributed by atoms with van der Waals surface area (Å²) < 4.78 is 5.56. The van der Waals surface area contributed by atoms with Crippen molar-refractivity contribution < 1.29 is 14.9 Å². The molecule has 3 N–H and O–H groups in total. The van der Waals surface area contributed by atoms with Crippen molar-refractivity contribution in [1.29, 1.82) is 0 Å². The molecule has 0 fully saturated rings. The van der Waals surface area contributed by atoms with E-state index in [1.54, 1.807) is 13.2 Å². The summed E-state index contributed by atoms with van der Waals surface area (Å²) in [5.41, 5.74) is 6.28. The lowest BCUT2D eigenvalue weighted by molar-refractivity contribution is 0.272. The van der Waals surface area contributed by atoms with E-state index in [-0.39, 0.29) is 34.9 Å². The third-order valence-electron chi connectivity index (χ3n) is 6.83. The van der Waals surface area contributed by atoms with Crippen LogP contribution in [0.4, 0.5) is 0 Å². The highest BCUT2D eigenvalue weighted by atomic mass is 16.5. The van der Waals surface area contributed by atoms with E-state index in [9.17, 15) is 10.2 Å². The topological polar surface area (TPSA) is 74.1 Å². The molecule has 0 aromatic heterocycles. The minimum atomic E-state index is -0.356. The highest BCUT2D eigenvalue weighted by molar-refractivity contribution is 6.05. The molecule has 0 bridgehead atoms. The Morgan fingerprint density at radius 3 is 2.35 bits per heavy atom. The van der Waals surface area contributed by atoms with E-state index in [0.29, 0.717) is 11.7 Å². The molecule has 5 nitrogen and oxygen atoms in total. The summed E-state index contributed by atoms with van der Waals surface area (Å²) >= 11 is 0. The predicted molar refractivity (Wildman–Crippen MR) is 134 cm³/mol. The lowest BCUT2D eigenvalue weighted by Gasteiger charge is -2.36. The largest absolute Gasteiger partial charge is 0.507 e. The summed E-state index contributed by atoms with van der Waals surface area (Å²) in [6.45, 7) is 0. The number of phenolic OH excluding ortho intramolecular Hbond substituents is 2. The molecule has 1 heterocycles. The first-order valence-electron chi connectivity index (χ1n) is 11.3. The number of nitrogens with one attached hydrogen (secondary N) is 1. The summed E-state index contributed by atoms with van der Waals surface area (Å²) in [5.74, 6) is 1.23. The monoisotopic (exact) mass is 448 g/mol. The van der Waals surface area contributed by atoms with Gasteiger partial charge in [0.2, 0.25) is 0 Å². The SMILES string of the molecule is COC1=CC(C2=CC3c4ccccc4C=CC3c3ccccc32)N=C(c2c(O)cccc2O)N1. The summed E-state index contributed by atoms with van der Waals surface area (Å²) in [6.07, 6.45) is 8.78. The maximum atomic E-state index is 10.5. The Bertz CT molecular complexity index is 1400. The van der Waals surface area contributed by atoms with Crippen LogP contribution in [-0.2, 0) is 4.74 Å². The molecule has 1 aliphatic heterocycles. The van der Waals surface area contributed by atoms with Crippen LogP contribution in [0.2, 0.25) is 0 Å². The summed E-state index contributed by atoms with van der Waals surface area (Å²) in [6, 6.07) is 21.3. The van der Waals surface area contributed by atoms with Gasteiger partial charge in [-0.1, -0.05) is 72.8 Å². The highest BCUT2D eigenvalue weighted by Crippen LogP contribution is 2.49. The zero-order valence-corrected chi connectivity index (χ0v) is 18.6. The van der Waals surface area contributed by atoms with Gasteiger partial charge in [0.1, 0.15) is 28.9 Å². The minimum absolute atomic E-state index is 0.0493. The van der Waals surface area contributed by atoms with Crippen LogP contribution in [0.5, 0.6) is 11.5 Å². The van der Waals surface area contributed by atoms with Gasteiger partial charge in [0, 0.05) is 17.9 Å². The Kier molecular flexibility index (Phi) is 4.77. The Balaban J connectivity index is 1.53. The molecule has 3 aliphatic rings. The molecule has 0 radical (unpaired) electrons. The van der Waals surface area contributed by atoms with Crippen molar-refractivity contribution in [2.45, 2.75) is 17.9 Å². The summed E-state index contributed by atoms with van der Waals surface area (Å²) in [7, 11) is 1.59. The number of benzene rings is 3. The van der Waals surface area contributed by atoms with Gasteiger partial charge in [0.25, 0.3) is 0 Å². The number of phenols is 2. The lowest BCUT2D eigenvalue weighted by atomic mass is 9.69. The van der Waals surface area contributed by atoms with Crippen molar-refractivity contribution in [2.75, 3.05) is 7.11 Å². The molecular formula is C29H24N2O3. The average Bonchev–Trinajstić information content (AvgIpc) is 2.87. The number of rotatable bonds is 3. The van der Waals surface area contributed by atoms with E-state index in [0.717, 1.165) is 11.1 Å². The van der Waals surface area contributed by atoms with Crippen molar-refractivity contribution in [3.05, 3.63) is 119 Å². The van der Waals surface area contributed by atoms with Crippen LogP contribution in [0, 0.1) is 0 Å². The Labute approximate surface area is 198 Å². The van der Waals surface area contributed by atoms with E-state index in [1.807, 2.05) is 6.08 Å². The molecule has 2 aliphatic carbocycles. The molecule has 0 saturated heterocycles. The maximum absolute atomic E-state index is 10.5. The normalized spacial score (nSPS) is 22.3. The third-order valence-corrected chi connectivity index (χ3v) is 6.83. The molecule has 3 unspecified atom stereocenters. The number of fused-ring (bicyclic) bond motifs is 5. The molecule has 3 atom stereocenters. The van der Waals surface area contributed by atoms with E-state index in [2.05, 4.69) is 72.1 Å². The van der Waals surface area contributed by atoms with Crippen LogP contribution < -0.4 is 5.32 Å². The van der Waals surface area contributed by atoms with Gasteiger partial charge in [-0.3, -0.25) is 4.99 Å². The summed E-state index contributed by atoms with van der Waals surface area (Å²) in [4.78, 5) is 4.93. The van der Waals surface area contributed by atoms with Gasteiger partial charge in [0.05, 0.1) is 7.11 Å². The minimum Gasteiger partial charge on any atom is -0.507 e. The molecule has 0 spiro atoms. The van der Waals surface area contributed by atoms with Crippen LogP contribution in [0.25, 0.3) is 11.6 Å². The maximum Gasteiger partial charge on any atom is 0.190 e. The van der Waals surface area contributed by atoms with Crippen LogP contribution in [0.1, 0.15) is 39.7 Å². The fourth-order valence-electron chi connectivity index (χ4n) is 5.26. The van der Waals surface area contributed by atoms with Gasteiger partial charge in [-0.15, -0.1) is 0 Å². The molecule has 168 valence electrons. The fraction of sp³-hybridized carbons (Fsp3) is 0.138. The molecule has 6 rings (SSSR count). The number of hydrogen-bond donors (Lipinski definition) is 3. The van der Waals surface area contributed by atoms with E-state index in [1.165, 1.54) is 28.8 Å². The predicted octanol–water partition coefficient (Wildman–Crippen LogP) is 5.30. The second-order valence-corrected chi connectivity index (χ2v) is 8.70. The van der Waals surface area contributed by atoms with Gasteiger partial charge in [0.15, 0.2) is 5.88 Å². The van der Waals surface area contributed by atoms with Gasteiger partial charge < -0.3 is 20.3 Å². The number of nitrogens with zero attached hydrogens (tertiary/aromatic N) is 1. The standard InChI is InChI=1S/C29H24N2O3/c1-34-27-16-24(30-29(31-27)28-25(32)11-6-12-26(28)33)23-15-22-18-8-3-2-7-17(18)13-14-21(22)19-9-4-5-10-20(19)23/h2-16,21-22,24,32-33H,1H3,(H,30,31). The van der Waals surface area contributed by atoms with Crippen LogP contribution in [0.3, 0.4) is 0 Å². The molecule has 34 heavy (non-hydrogen) atoms. The molecule has 3 aromatic carbocycles. The van der Waals surface area contributed by atoms with Gasteiger partial charge in [-0.25, -0.2) is 0 Å². The molecule has 0 amide bonds. The number of ether oxygens (including phenoxy) is 1. The van der Waals surface area contributed by atoms with E-state index >= 15 is 0 Å². The van der Waals surface area contributed by atoms with E-state index in [4.69, 9.17) is 9.73 Å².